The lowest BCUT2D eigenvalue weighted by Crippen LogP contribution is -2.35. The standard InChI is InChI=1S/C23H19F7N4O/c1-4-33-12(3)34(10-22(25,26)27)18-8-17(16-9-31-11(2)19(16)20(18)33)32-21(35)13-5-14(23(28,29)30)7-15(24)6-13/h5-8,31H,2-4,9-10H2,1H3,(H,32,35). The molecule has 0 saturated heterocycles. The number of rotatable bonds is 4. The number of carbonyl (C=O) groups is 1. The largest absolute Gasteiger partial charge is 0.416 e. The summed E-state index contributed by atoms with van der Waals surface area (Å²) in [5, 5.41) is 5.41. The third kappa shape index (κ3) is 4.40. The van der Waals surface area contributed by atoms with E-state index in [1.807, 2.05) is 0 Å². The van der Waals surface area contributed by atoms with Crippen LogP contribution in [0, 0.1) is 5.82 Å². The van der Waals surface area contributed by atoms with Gasteiger partial charge in [-0.1, -0.05) is 13.2 Å². The molecule has 0 unspecified atom stereocenters. The highest BCUT2D eigenvalue weighted by atomic mass is 19.4. The van der Waals surface area contributed by atoms with Crippen LogP contribution in [-0.2, 0) is 12.7 Å². The zero-order valence-corrected chi connectivity index (χ0v) is 18.3. The predicted molar refractivity (Wildman–Crippen MR) is 117 cm³/mol. The molecule has 4 rings (SSSR count). The molecule has 2 aromatic rings. The van der Waals surface area contributed by atoms with Gasteiger partial charge in [0.1, 0.15) is 18.2 Å². The molecule has 0 atom stereocenters. The molecular formula is C23H19F7N4O. The number of anilines is 3. The Kier molecular flexibility index (Phi) is 5.73. The first-order valence-corrected chi connectivity index (χ1v) is 10.3. The van der Waals surface area contributed by atoms with Gasteiger partial charge in [-0.2, -0.15) is 26.3 Å². The molecule has 0 aromatic heterocycles. The lowest BCUT2D eigenvalue weighted by molar-refractivity contribution is -0.137. The molecule has 2 aliphatic heterocycles. The summed E-state index contributed by atoms with van der Waals surface area (Å²) >= 11 is 0. The Bertz CT molecular complexity index is 1250. The summed E-state index contributed by atoms with van der Waals surface area (Å²) in [5.74, 6) is -2.24. The van der Waals surface area contributed by atoms with Gasteiger partial charge in [0.25, 0.3) is 5.91 Å². The highest BCUT2D eigenvalue weighted by Crippen LogP contribution is 2.51. The summed E-state index contributed by atoms with van der Waals surface area (Å²) in [6.07, 6.45) is -9.45. The van der Waals surface area contributed by atoms with Gasteiger partial charge in [0.15, 0.2) is 0 Å². The van der Waals surface area contributed by atoms with Gasteiger partial charge in [-0.15, -0.1) is 0 Å². The molecule has 0 bridgehead atoms. The van der Waals surface area contributed by atoms with Gasteiger partial charge in [-0.3, -0.25) is 4.79 Å². The second kappa shape index (κ2) is 8.21. The average Bonchev–Trinajstić information content (AvgIpc) is 3.24. The van der Waals surface area contributed by atoms with Crippen molar-refractivity contribution in [2.75, 3.05) is 28.2 Å². The molecule has 0 saturated carbocycles. The second-order valence-corrected chi connectivity index (χ2v) is 8.02. The smallest absolute Gasteiger partial charge is 0.381 e. The maximum atomic E-state index is 13.8. The fraction of sp³-hybridized carbons (Fsp3) is 0.261. The molecule has 2 aromatic carbocycles. The van der Waals surface area contributed by atoms with Crippen LogP contribution in [0.5, 0.6) is 0 Å². The number of hydrogen-bond acceptors (Lipinski definition) is 4. The van der Waals surface area contributed by atoms with Gasteiger partial charge in [0.05, 0.1) is 16.9 Å². The highest BCUT2D eigenvalue weighted by Gasteiger charge is 2.41. The second-order valence-electron chi connectivity index (χ2n) is 8.02. The van der Waals surface area contributed by atoms with Crippen molar-refractivity contribution in [1.29, 1.82) is 0 Å². The molecule has 2 N–H and O–H groups in total. The van der Waals surface area contributed by atoms with Crippen molar-refractivity contribution in [3.63, 3.8) is 0 Å². The van der Waals surface area contributed by atoms with E-state index < -0.39 is 41.7 Å². The van der Waals surface area contributed by atoms with Gasteiger partial charge in [0, 0.05) is 41.2 Å². The number of benzene rings is 2. The molecule has 0 spiro atoms. The van der Waals surface area contributed by atoms with Crippen LogP contribution in [0.4, 0.5) is 47.8 Å². The Labute approximate surface area is 195 Å². The van der Waals surface area contributed by atoms with E-state index in [2.05, 4.69) is 23.8 Å². The highest BCUT2D eigenvalue weighted by molar-refractivity contribution is 6.07. The van der Waals surface area contributed by atoms with E-state index in [1.165, 1.54) is 6.07 Å². The number of alkyl halides is 6. The van der Waals surface area contributed by atoms with Gasteiger partial charge >= 0.3 is 12.4 Å². The number of carbonyl (C=O) groups excluding carboxylic acids is 1. The molecule has 12 heteroatoms. The van der Waals surface area contributed by atoms with Crippen LogP contribution in [0.15, 0.2) is 43.2 Å². The Morgan fingerprint density at radius 1 is 1.09 bits per heavy atom. The zero-order valence-electron chi connectivity index (χ0n) is 18.3. The third-order valence-corrected chi connectivity index (χ3v) is 5.74. The lowest BCUT2D eigenvalue weighted by Gasteiger charge is -2.24. The fourth-order valence-electron chi connectivity index (χ4n) is 4.27. The minimum absolute atomic E-state index is 0.0608. The number of halogens is 7. The Morgan fingerprint density at radius 2 is 1.77 bits per heavy atom. The quantitative estimate of drug-likeness (QED) is 0.518. The van der Waals surface area contributed by atoms with Crippen molar-refractivity contribution in [2.24, 2.45) is 0 Å². The number of nitrogens with zero attached hydrogens (tertiary/aromatic N) is 2. The summed E-state index contributed by atoms with van der Waals surface area (Å²) in [6.45, 7) is 8.54. The molecule has 0 aliphatic carbocycles. The van der Waals surface area contributed by atoms with Crippen molar-refractivity contribution in [1.82, 2.24) is 5.32 Å². The molecule has 2 heterocycles. The number of fused-ring (bicyclic) bond motifs is 3. The monoisotopic (exact) mass is 500 g/mol. The minimum atomic E-state index is -4.88. The van der Waals surface area contributed by atoms with Gasteiger partial charge in [0.2, 0.25) is 0 Å². The number of nitrogens with one attached hydrogen (secondary N) is 2. The zero-order chi connectivity index (χ0) is 25.9. The summed E-state index contributed by atoms with van der Waals surface area (Å²) in [6, 6.07) is 2.71. The maximum absolute atomic E-state index is 13.8. The summed E-state index contributed by atoms with van der Waals surface area (Å²) < 4.78 is 93.0. The van der Waals surface area contributed by atoms with Crippen molar-refractivity contribution >= 4 is 28.7 Å². The van der Waals surface area contributed by atoms with Crippen LogP contribution in [-0.4, -0.2) is 25.2 Å². The van der Waals surface area contributed by atoms with Crippen LogP contribution in [0.25, 0.3) is 5.70 Å². The Balaban J connectivity index is 1.81. The normalized spacial score (nSPS) is 15.3. The van der Waals surface area contributed by atoms with E-state index >= 15 is 0 Å². The van der Waals surface area contributed by atoms with E-state index in [9.17, 15) is 35.5 Å². The molecule has 5 nitrogen and oxygen atoms in total. The van der Waals surface area contributed by atoms with Crippen molar-refractivity contribution in [2.45, 2.75) is 25.8 Å². The first-order valence-electron chi connectivity index (χ1n) is 10.3. The molecule has 35 heavy (non-hydrogen) atoms. The predicted octanol–water partition coefficient (Wildman–Crippen LogP) is 5.85. The van der Waals surface area contributed by atoms with Gasteiger partial charge < -0.3 is 20.4 Å². The topological polar surface area (TPSA) is 47.6 Å². The summed E-state index contributed by atoms with van der Waals surface area (Å²) in [4.78, 5) is 15.4. The number of amides is 1. The molecule has 1 amide bonds. The lowest BCUT2D eigenvalue weighted by atomic mass is 10.0. The first kappa shape index (κ1) is 24.4. The first-order chi connectivity index (χ1) is 16.2. The molecular weight excluding hydrogens is 481 g/mol. The van der Waals surface area contributed by atoms with Crippen LogP contribution in [0.3, 0.4) is 0 Å². The molecule has 186 valence electrons. The SMILES string of the molecule is C=C1NCc2c(NC(=O)c3cc(F)cc(C(F)(F)F)c3)cc3c(c21)N(CC)C(=C)N3CC(F)(F)F. The van der Waals surface area contributed by atoms with E-state index in [1.54, 1.807) is 11.8 Å². The van der Waals surface area contributed by atoms with E-state index in [4.69, 9.17) is 0 Å². The van der Waals surface area contributed by atoms with Crippen LogP contribution < -0.4 is 20.4 Å². The third-order valence-electron chi connectivity index (χ3n) is 5.74. The minimum Gasteiger partial charge on any atom is -0.381 e. The Hall–Kier alpha value is -3.70. The van der Waals surface area contributed by atoms with E-state index in [-0.39, 0.29) is 29.8 Å². The van der Waals surface area contributed by atoms with E-state index in [0.29, 0.717) is 41.2 Å². The molecule has 2 aliphatic rings. The molecule has 0 radical (unpaired) electrons. The van der Waals surface area contributed by atoms with Crippen LogP contribution >= 0.6 is 0 Å². The molecule has 0 fully saturated rings. The summed E-state index contributed by atoms with van der Waals surface area (Å²) in [5.41, 5.74) is -0.0112. The van der Waals surface area contributed by atoms with Crippen LogP contribution in [0.1, 0.15) is 34.0 Å². The Morgan fingerprint density at radius 3 is 2.37 bits per heavy atom. The van der Waals surface area contributed by atoms with Crippen molar-refractivity contribution in [3.05, 3.63) is 71.3 Å². The van der Waals surface area contributed by atoms with E-state index in [0.717, 1.165) is 4.90 Å². The summed E-state index contributed by atoms with van der Waals surface area (Å²) in [7, 11) is 0. The maximum Gasteiger partial charge on any atom is 0.416 e. The number of hydrogen-bond donors (Lipinski definition) is 2. The van der Waals surface area contributed by atoms with Gasteiger partial charge in [-0.25, -0.2) is 4.39 Å². The van der Waals surface area contributed by atoms with Gasteiger partial charge in [-0.05, 0) is 31.2 Å². The van der Waals surface area contributed by atoms with Crippen molar-refractivity contribution < 1.29 is 35.5 Å². The van der Waals surface area contributed by atoms with Crippen molar-refractivity contribution in [3.8, 4) is 0 Å². The fourth-order valence-corrected chi connectivity index (χ4v) is 4.27. The van der Waals surface area contributed by atoms with Crippen LogP contribution in [0.2, 0.25) is 0 Å². The average molecular weight is 500 g/mol.